The average Bonchev–Trinajstić information content (AvgIpc) is 3.00. The van der Waals surface area contributed by atoms with Crippen molar-refractivity contribution in [2.75, 3.05) is 12.8 Å². The second kappa shape index (κ2) is 8.00. The molecule has 1 aliphatic rings. The number of nitrogens with zero attached hydrogens (tertiary/aromatic N) is 1. The highest BCUT2D eigenvalue weighted by molar-refractivity contribution is 7.88. The highest BCUT2D eigenvalue weighted by atomic mass is 35.5. The lowest BCUT2D eigenvalue weighted by Gasteiger charge is -2.31. The molecule has 9 heteroatoms. The van der Waals surface area contributed by atoms with Gasteiger partial charge in [0.2, 0.25) is 15.9 Å². The first kappa shape index (κ1) is 21.1. The van der Waals surface area contributed by atoms with Crippen molar-refractivity contribution in [1.82, 2.24) is 20.0 Å². The maximum Gasteiger partial charge on any atom is 0.223 e. The zero-order chi connectivity index (χ0) is 20.5. The number of nitrogens with one attached hydrogen (secondary N) is 3. The van der Waals surface area contributed by atoms with Crippen LogP contribution in [0.1, 0.15) is 51.3 Å². The fourth-order valence-electron chi connectivity index (χ4n) is 3.93. The summed E-state index contributed by atoms with van der Waals surface area (Å²) in [4.78, 5) is 20.9. The Kier molecular flexibility index (Phi) is 6.03. The van der Waals surface area contributed by atoms with E-state index in [4.69, 9.17) is 11.6 Å². The highest BCUT2D eigenvalue weighted by Crippen LogP contribution is 2.37. The molecule has 1 fully saturated rings. The molecule has 0 unspecified atom stereocenters. The molecule has 1 heterocycles. The van der Waals surface area contributed by atoms with Crippen molar-refractivity contribution < 1.29 is 13.2 Å². The Labute approximate surface area is 170 Å². The molecule has 3 rings (SSSR count). The van der Waals surface area contributed by atoms with Crippen LogP contribution in [0, 0.1) is 5.92 Å². The molecule has 2 atom stereocenters. The molecule has 0 spiro atoms. The SMILES string of the molecule is CC(C)(CNC(=O)[C@H]1CCCC[C@@H]1c1nc2ccc(Cl)cc2[nH]1)NS(C)(=O)=O. The van der Waals surface area contributed by atoms with Crippen LogP contribution in [0.25, 0.3) is 11.0 Å². The van der Waals surface area contributed by atoms with E-state index < -0.39 is 15.6 Å². The zero-order valence-corrected chi connectivity index (χ0v) is 18.0. The van der Waals surface area contributed by atoms with Crippen LogP contribution in [-0.4, -0.2) is 42.6 Å². The van der Waals surface area contributed by atoms with Gasteiger partial charge in [-0.05, 0) is 44.9 Å². The lowest BCUT2D eigenvalue weighted by molar-refractivity contribution is -0.126. The van der Waals surface area contributed by atoms with Gasteiger partial charge in [0.05, 0.1) is 17.3 Å². The van der Waals surface area contributed by atoms with E-state index in [2.05, 4.69) is 20.0 Å². The van der Waals surface area contributed by atoms with Crippen LogP contribution in [-0.2, 0) is 14.8 Å². The average molecular weight is 427 g/mol. The second-order valence-electron chi connectivity index (χ2n) is 8.26. The summed E-state index contributed by atoms with van der Waals surface area (Å²) in [7, 11) is -3.35. The minimum absolute atomic E-state index is 0.00547. The number of hydrogen-bond acceptors (Lipinski definition) is 4. The minimum atomic E-state index is -3.35. The maximum absolute atomic E-state index is 12.9. The van der Waals surface area contributed by atoms with Crippen molar-refractivity contribution in [3.63, 3.8) is 0 Å². The van der Waals surface area contributed by atoms with Crippen molar-refractivity contribution >= 4 is 38.6 Å². The number of hydrogen-bond donors (Lipinski definition) is 3. The number of fused-ring (bicyclic) bond motifs is 1. The van der Waals surface area contributed by atoms with Crippen LogP contribution < -0.4 is 10.0 Å². The third-order valence-electron chi connectivity index (χ3n) is 5.08. The van der Waals surface area contributed by atoms with Crippen LogP contribution in [0.15, 0.2) is 18.2 Å². The molecule has 2 aromatic rings. The van der Waals surface area contributed by atoms with Crippen molar-refractivity contribution in [2.24, 2.45) is 5.92 Å². The molecular weight excluding hydrogens is 400 g/mol. The first-order chi connectivity index (χ1) is 13.0. The Hall–Kier alpha value is -1.64. The Balaban J connectivity index is 1.74. The number of aromatic amines is 1. The number of carbonyl (C=O) groups excluding carboxylic acids is 1. The van der Waals surface area contributed by atoms with E-state index in [0.29, 0.717) is 5.02 Å². The number of benzene rings is 1. The summed E-state index contributed by atoms with van der Waals surface area (Å²) in [6.45, 7) is 3.71. The van der Waals surface area contributed by atoms with E-state index in [1.807, 2.05) is 12.1 Å². The normalized spacial score (nSPS) is 21.0. The van der Waals surface area contributed by atoms with E-state index in [1.54, 1.807) is 19.9 Å². The maximum atomic E-state index is 12.9. The number of H-pyrrole nitrogens is 1. The molecule has 7 nitrogen and oxygen atoms in total. The lowest BCUT2D eigenvalue weighted by atomic mass is 9.78. The third-order valence-corrected chi connectivity index (χ3v) is 6.24. The summed E-state index contributed by atoms with van der Waals surface area (Å²) in [6, 6.07) is 5.51. The number of carbonyl (C=O) groups is 1. The fourth-order valence-corrected chi connectivity index (χ4v) is 5.17. The van der Waals surface area contributed by atoms with Gasteiger partial charge in [-0.1, -0.05) is 24.4 Å². The topological polar surface area (TPSA) is 104 Å². The van der Waals surface area contributed by atoms with Gasteiger partial charge >= 0.3 is 0 Å². The Bertz CT molecular complexity index is 971. The summed E-state index contributed by atoms with van der Waals surface area (Å²) < 4.78 is 25.5. The van der Waals surface area contributed by atoms with Gasteiger partial charge in [-0.15, -0.1) is 0 Å². The summed E-state index contributed by atoms with van der Waals surface area (Å²) in [5.74, 6) is 0.557. The van der Waals surface area contributed by atoms with Crippen LogP contribution >= 0.6 is 11.6 Å². The molecule has 0 saturated heterocycles. The van der Waals surface area contributed by atoms with Gasteiger partial charge in [-0.2, -0.15) is 0 Å². The van der Waals surface area contributed by atoms with Crippen molar-refractivity contribution in [2.45, 2.75) is 51.0 Å². The van der Waals surface area contributed by atoms with Crippen LogP contribution in [0.4, 0.5) is 0 Å². The monoisotopic (exact) mass is 426 g/mol. The van der Waals surface area contributed by atoms with E-state index in [1.165, 1.54) is 0 Å². The molecule has 0 radical (unpaired) electrons. The van der Waals surface area contributed by atoms with E-state index in [9.17, 15) is 13.2 Å². The van der Waals surface area contributed by atoms with Crippen LogP contribution in [0.2, 0.25) is 5.02 Å². The smallest absolute Gasteiger partial charge is 0.223 e. The van der Waals surface area contributed by atoms with E-state index in [-0.39, 0.29) is 24.3 Å². The van der Waals surface area contributed by atoms with Gasteiger partial charge in [0.25, 0.3) is 0 Å². The number of rotatable bonds is 6. The molecule has 3 N–H and O–H groups in total. The van der Waals surface area contributed by atoms with Gasteiger partial charge in [0.15, 0.2) is 0 Å². The predicted octanol–water partition coefficient (Wildman–Crippen LogP) is 2.93. The molecule has 1 saturated carbocycles. The molecule has 1 aromatic carbocycles. The molecule has 1 amide bonds. The van der Waals surface area contributed by atoms with Gasteiger partial charge in [-0.25, -0.2) is 18.1 Å². The first-order valence-corrected chi connectivity index (χ1v) is 11.7. The first-order valence-electron chi connectivity index (χ1n) is 9.46. The molecule has 28 heavy (non-hydrogen) atoms. The molecular formula is C19H27ClN4O3S. The van der Waals surface area contributed by atoms with Crippen molar-refractivity contribution in [1.29, 1.82) is 0 Å². The Morgan fingerprint density at radius 2 is 2.04 bits per heavy atom. The highest BCUT2D eigenvalue weighted by Gasteiger charge is 2.35. The molecule has 1 aromatic heterocycles. The largest absolute Gasteiger partial charge is 0.354 e. The van der Waals surface area contributed by atoms with Crippen molar-refractivity contribution in [3.05, 3.63) is 29.0 Å². The fraction of sp³-hybridized carbons (Fsp3) is 0.579. The minimum Gasteiger partial charge on any atom is -0.354 e. The lowest BCUT2D eigenvalue weighted by Crippen LogP contribution is -2.52. The number of halogens is 1. The molecule has 1 aliphatic carbocycles. The van der Waals surface area contributed by atoms with E-state index >= 15 is 0 Å². The quantitative estimate of drug-likeness (QED) is 0.660. The standard InChI is InChI=1S/C19H27ClN4O3S/c1-19(2,24-28(3,26)27)11-21-18(25)14-7-5-4-6-13(14)17-22-15-9-8-12(20)10-16(15)23-17/h8-10,13-14,24H,4-7,11H2,1-3H3,(H,21,25)(H,22,23)/t13-,14-/m0/s1. The third kappa shape index (κ3) is 5.24. The summed E-state index contributed by atoms with van der Waals surface area (Å²) in [6.07, 6.45) is 4.82. The van der Waals surface area contributed by atoms with Gasteiger partial charge in [-0.3, -0.25) is 4.79 Å². The predicted molar refractivity (Wildman–Crippen MR) is 111 cm³/mol. The van der Waals surface area contributed by atoms with Gasteiger partial charge in [0, 0.05) is 28.9 Å². The summed E-state index contributed by atoms with van der Waals surface area (Å²) in [5.41, 5.74) is 0.942. The Morgan fingerprint density at radius 1 is 1.32 bits per heavy atom. The second-order valence-corrected chi connectivity index (χ2v) is 10.4. The molecule has 0 bridgehead atoms. The number of aromatic nitrogens is 2. The molecule has 154 valence electrons. The zero-order valence-electron chi connectivity index (χ0n) is 16.4. The number of amides is 1. The van der Waals surface area contributed by atoms with Gasteiger partial charge in [0.1, 0.15) is 5.82 Å². The number of sulfonamides is 1. The summed E-state index contributed by atoms with van der Waals surface area (Å²) in [5, 5.41) is 3.57. The van der Waals surface area contributed by atoms with Gasteiger partial charge < -0.3 is 10.3 Å². The molecule has 0 aliphatic heterocycles. The van der Waals surface area contributed by atoms with Crippen molar-refractivity contribution in [3.8, 4) is 0 Å². The Morgan fingerprint density at radius 3 is 2.75 bits per heavy atom. The van der Waals surface area contributed by atoms with Crippen LogP contribution in [0.5, 0.6) is 0 Å². The number of imidazole rings is 1. The van der Waals surface area contributed by atoms with E-state index in [0.717, 1.165) is 48.8 Å². The van der Waals surface area contributed by atoms with Crippen LogP contribution in [0.3, 0.4) is 0 Å². The summed E-state index contributed by atoms with van der Waals surface area (Å²) >= 11 is 6.06.